The van der Waals surface area contributed by atoms with Crippen LogP contribution in [-0.2, 0) is 0 Å². The van der Waals surface area contributed by atoms with Gasteiger partial charge < -0.3 is 11.1 Å². The van der Waals surface area contributed by atoms with Crippen molar-refractivity contribution >= 4 is 0 Å². The van der Waals surface area contributed by atoms with Gasteiger partial charge in [-0.15, -0.1) is 26.3 Å². The zero-order chi connectivity index (χ0) is 14.4. The van der Waals surface area contributed by atoms with E-state index < -0.39 is 0 Å². The Hall–Kier alpha value is -1.12. The molecule has 0 spiro atoms. The highest BCUT2D eigenvalue weighted by atomic mass is 15.1. The lowest BCUT2D eigenvalue weighted by molar-refractivity contribution is 0.116. The van der Waals surface area contributed by atoms with Crippen molar-refractivity contribution in [2.75, 3.05) is 0 Å². The van der Waals surface area contributed by atoms with E-state index in [1.165, 1.54) is 0 Å². The van der Waals surface area contributed by atoms with Gasteiger partial charge >= 0.3 is 0 Å². The zero-order valence-electron chi connectivity index (χ0n) is 12.0. The fraction of sp³-hybridized carbons (Fsp3) is 0.529. The second-order valence-electron chi connectivity index (χ2n) is 5.83. The first-order valence-corrected chi connectivity index (χ1v) is 7.04. The smallest absolute Gasteiger partial charge is 0.0270 e. The average molecular weight is 260 g/mol. The van der Waals surface area contributed by atoms with Crippen LogP contribution >= 0.6 is 0 Å². The molecule has 2 heteroatoms. The molecule has 1 rings (SSSR count). The molecule has 0 saturated carbocycles. The Bertz CT molecular complexity index is 291. The Kier molecular flexibility index (Phi) is 5.77. The largest absolute Gasteiger partial charge is 0.328 e. The van der Waals surface area contributed by atoms with E-state index in [0.717, 1.165) is 38.5 Å². The quantitative estimate of drug-likeness (QED) is 0.656. The van der Waals surface area contributed by atoms with Crippen LogP contribution in [0.3, 0.4) is 0 Å². The topological polar surface area (TPSA) is 38.0 Å². The molecule has 0 aliphatic carbocycles. The molecule has 3 N–H and O–H groups in total. The third-order valence-corrected chi connectivity index (χ3v) is 3.98. The van der Waals surface area contributed by atoms with E-state index in [1.807, 2.05) is 24.3 Å². The molecule has 0 aromatic heterocycles. The fourth-order valence-electron chi connectivity index (χ4n) is 3.55. The monoisotopic (exact) mass is 260 g/mol. The van der Waals surface area contributed by atoms with Crippen LogP contribution in [0.4, 0.5) is 0 Å². The number of hydrogen-bond donors (Lipinski definition) is 2. The van der Waals surface area contributed by atoms with E-state index in [4.69, 9.17) is 5.73 Å². The van der Waals surface area contributed by atoms with Crippen molar-refractivity contribution in [2.24, 2.45) is 5.73 Å². The highest BCUT2D eigenvalue weighted by Crippen LogP contribution is 2.37. The number of piperidine rings is 1. The van der Waals surface area contributed by atoms with Crippen molar-refractivity contribution in [3.8, 4) is 0 Å². The normalized spacial score (nSPS) is 21.5. The van der Waals surface area contributed by atoms with Crippen molar-refractivity contribution in [1.29, 1.82) is 0 Å². The SMILES string of the molecule is C=CCC1(CC=C)CC(N)CC(CC=C)(CC=C)N1. The number of rotatable bonds is 8. The van der Waals surface area contributed by atoms with Gasteiger partial charge in [-0.1, -0.05) is 24.3 Å². The van der Waals surface area contributed by atoms with Gasteiger partial charge in [-0.25, -0.2) is 0 Å². The maximum absolute atomic E-state index is 6.33. The predicted octanol–water partition coefficient (Wildman–Crippen LogP) is 3.48. The van der Waals surface area contributed by atoms with Gasteiger partial charge in [-0.05, 0) is 38.5 Å². The molecule has 0 bridgehead atoms. The van der Waals surface area contributed by atoms with E-state index in [9.17, 15) is 0 Å². The molecule has 0 radical (unpaired) electrons. The second kappa shape index (κ2) is 6.88. The summed E-state index contributed by atoms with van der Waals surface area (Å²) in [7, 11) is 0. The van der Waals surface area contributed by atoms with E-state index >= 15 is 0 Å². The summed E-state index contributed by atoms with van der Waals surface area (Å²) in [5, 5.41) is 3.85. The molecular formula is C17H28N2. The Morgan fingerprint density at radius 1 is 0.842 bits per heavy atom. The van der Waals surface area contributed by atoms with Gasteiger partial charge in [0.25, 0.3) is 0 Å². The second-order valence-corrected chi connectivity index (χ2v) is 5.83. The standard InChI is InChI=1S/C17H28N2/c1-5-9-16(10-6-2)13-15(18)14-17(19-16,11-7-3)12-8-4/h5-8,15,19H,1-4,9-14,18H2. The molecule has 0 aromatic carbocycles. The Morgan fingerprint density at radius 3 is 1.42 bits per heavy atom. The molecule has 2 nitrogen and oxygen atoms in total. The number of hydrogen-bond acceptors (Lipinski definition) is 2. The van der Waals surface area contributed by atoms with E-state index in [0.29, 0.717) is 0 Å². The summed E-state index contributed by atoms with van der Waals surface area (Å²) in [6.07, 6.45) is 13.4. The lowest BCUT2D eigenvalue weighted by Crippen LogP contribution is -2.65. The Balaban J connectivity index is 3.06. The minimum atomic E-state index is -0.0206. The molecule has 1 aliphatic rings. The molecule has 0 atom stereocenters. The van der Waals surface area contributed by atoms with Gasteiger partial charge in [0.15, 0.2) is 0 Å². The predicted molar refractivity (Wildman–Crippen MR) is 85.1 cm³/mol. The summed E-state index contributed by atoms with van der Waals surface area (Å²) < 4.78 is 0. The highest BCUT2D eigenvalue weighted by molar-refractivity contribution is 5.13. The molecule has 106 valence electrons. The molecule has 1 aliphatic heterocycles. The first-order valence-electron chi connectivity index (χ1n) is 7.04. The van der Waals surface area contributed by atoms with Crippen molar-refractivity contribution in [3.05, 3.63) is 50.6 Å². The van der Waals surface area contributed by atoms with Gasteiger partial charge in [0, 0.05) is 17.1 Å². The van der Waals surface area contributed by atoms with Crippen LogP contribution in [0, 0.1) is 0 Å². The van der Waals surface area contributed by atoms with Crippen LogP contribution in [0.1, 0.15) is 38.5 Å². The summed E-state index contributed by atoms with van der Waals surface area (Å²) in [6, 6.07) is 0.195. The molecule has 1 saturated heterocycles. The molecule has 1 fully saturated rings. The maximum atomic E-state index is 6.33. The molecule has 0 amide bonds. The van der Waals surface area contributed by atoms with E-state index in [-0.39, 0.29) is 17.1 Å². The third-order valence-electron chi connectivity index (χ3n) is 3.98. The zero-order valence-corrected chi connectivity index (χ0v) is 12.0. The molecule has 1 heterocycles. The van der Waals surface area contributed by atoms with Crippen molar-refractivity contribution in [3.63, 3.8) is 0 Å². The molecule has 0 aromatic rings. The van der Waals surface area contributed by atoms with Crippen LogP contribution in [-0.4, -0.2) is 17.1 Å². The summed E-state index contributed by atoms with van der Waals surface area (Å²) in [6.45, 7) is 15.6. The Labute approximate surface area is 118 Å². The molecular weight excluding hydrogens is 232 g/mol. The summed E-state index contributed by atoms with van der Waals surface area (Å²) >= 11 is 0. The third kappa shape index (κ3) is 3.92. The Morgan fingerprint density at radius 2 is 1.16 bits per heavy atom. The van der Waals surface area contributed by atoms with Crippen molar-refractivity contribution < 1.29 is 0 Å². The van der Waals surface area contributed by atoms with E-state index in [1.54, 1.807) is 0 Å². The molecule has 0 unspecified atom stereocenters. The van der Waals surface area contributed by atoms with E-state index in [2.05, 4.69) is 31.6 Å². The van der Waals surface area contributed by atoms with Crippen LogP contribution < -0.4 is 11.1 Å². The fourth-order valence-corrected chi connectivity index (χ4v) is 3.55. The molecule has 19 heavy (non-hydrogen) atoms. The summed E-state index contributed by atoms with van der Waals surface area (Å²) in [5.41, 5.74) is 6.29. The first-order chi connectivity index (χ1) is 9.05. The number of nitrogens with two attached hydrogens (primary N) is 1. The first kappa shape index (κ1) is 15.9. The maximum Gasteiger partial charge on any atom is 0.0270 e. The number of nitrogens with one attached hydrogen (secondary N) is 1. The van der Waals surface area contributed by atoms with Gasteiger partial charge in [-0.2, -0.15) is 0 Å². The van der Waals surface area contributed by atoms with Crippen LogP contribution in [0.15, 0.2) is 50.6 Å². The average Bonchev–Trinajstić information content (AvgIpc) is 2.28. The van der Waals surface area contributed by atoms with Crippen LogP contribution in [0.5, 0.6) is 0 Å². The highest BCUT2D eigenvalue weighted by Gasteiger charge is 2.44. The van der Waals surface area contributed by atoms with Crippen LogP contribution in [0.2, 0.25) is 0 Å². The van der Waals surface area contributed by atoms with Crippen molar-refractivity contribution in [1.82, 2.24) is 5.32 Å². The van der Waals surface area contributed by atoms with Gasteiger partial charge in [-0.3, -0.25) is 0 Å². The summed E-state index contributed by atoms with van der Waals surface area (Å²) in [4.78, 5) is 0. The summed E-state index contributed by atoms with van der Waals surface area (Å²) in [5.74, 6) is 0. The van der Waals surface area contributed by atoms with Gasteiger partial charge in [0.05, 0.1) is 0 Å². The van der Waals surface area contributed by atoms with Crippen LogP contribution in [0.25, 0.3) is 0 Å². The lowest BCUT2D eigenvalue weighted by Gasteiger charge is -2.51. The minimum absolute atomic E-state index is 0.0206. The van der Waals surface area contributed by atoms with Gasteiger partial charge in [0.2, 0.25) is 0 Å². The lowest BCUT2D eigenvalue weighted by atomic mass is 9.71. The minimum Gasteiger partial charge on any atom is -0.328 e. The van der Waals surface area contributed by atoms with Gasteiger partial charge in [0.1, 0.15) is 0 Å². The van der Waals surface area contributed by atoms with Crippen molar-refractivity contribution in [2.45, 2.75) is 55.6 Å².